The van der Waals surface area contributed by atoms with Crippen molar-refractivity contribution in [2.24, 2.45) is 0 Å². The first-order valence-electron chi connectivity index (χ1n) is 3.89. The normalized spacial score (nSPS) is 11.9. The third kappa shape index (κ3) is 2.57. The van der Waals surface area contributed by atoms with Crippen LogP contribution in [-0.4, -0.2) is 7.11 Å². The fraction of sp³-hybridized carbons (Fsp3) is 0.333. The number of methoxy groups -OCH3 is 1. The van der Waals surface area contributed by atoms with E-state index in [9.17, 15) is 22.0 Å². The minimum absolute atomic E-state index is 0.252. The predicted molar refractivity (Wildman–Crippen MR) is 43.0 cm³/mol. The fourth-order valence-electron chi connectivity index (χ4n) is 1.08. The van der Waals surface area contributed by atoms with E-state index in [1.54, 1.807) is 0 Å². The molecule has 0 bridgehead atoms. The first-order valence-corrected chi connectivity index (χ1v) is 3.89. The molecule has 0 radical (unpaired) electrons. The van der Waals surface area contributed by atoms with Crippen LogP contribution >= 0.6 is 0 Å². The molecule has 1 nitrogen and oxygen atoms in total. The van der Waals surface area contributed by atoms with Gasteiger partial charge in [-0.1, -0.05) is 0 Å². The molecular weight excluding hydrogens is 219 g/mol. The number of alkyl halides is 5. The van der Waals surface area contributed by atoms with E-state index in [4.69, 9.17) is 0 Å². The third-order valence-electron chi connectivity index (χ3n) is 1.79. The molecule has 0 fully saturated rings. The van der Waals surface area contributed by atoms with Crippen LogP contribution in [0.1, 0.15) is 17.6 Å². The molecule has 0 saturated heterocycles. The van der Waals surface area contributed by atoms with E-state index in [0.29, 0.717) is 12.1 Å². The second-order valence-corrected chi connectivity index (χ2v) is 2.76. The van der Waals surface area contributed by atoms with Crippen LogP contribution in [0.25, 0.3) is 0 Å². The van der Waals surface area contributed by atoms with Crippen LogP contribution in [0.3, 0.4) is 0 Å². The molecule has 6 heteroatoms. The second kappa shape index (κ2) is 4.04. The van der Waals surface area contributed by atoms with E-state index in [-0.39, 0.29) is 5.75 Å². The van der Waals surface area contributed by atoms with Crippen LogP contribution in [0.5, 0.6) is 5.75 Å². The average Bonchev–Trinajstić information content (AvgIpc) is 2.15. The summed E-state index contributed by atoms with van der Waals surface area (Å²) in [5.41, 5.74) is -1.87. The van der Waals surface area contributed by atoms with Crippen molar-refractivity contribution >= 4 is 0 Å². The van der Waals surface area contributed by atoms with Gasteiger partial charge in [0.2, 0.25) is 0 Å². The van der Waals surface area contributed by atoms with E-state index in [0.717, 1.165) is 13.2 Å². The van der Waals surface area contributed by atoms with Crippen molar-refractivity contribution in [2.45, 2.75) is 12.6 Å². The number of rotatable bonds is 2. The zero-order valence-corrected chi connectivity index (χ0v) is 7.61. The summed E-state index contributed by atoms with van der Waals surface area (Å²) in [5, 5.41) is 0. The molecular formula is C9H7F5O. The van der Waals surface area contributed by atoms with E-state index in [1.807, 2.05) is 0 Å². The molecule has 0 aliphatic rings. The molecule has 0 atom stereocenters. The van der Waals surface area contributed by atoms with Crippen LogP contribution < -0.4 is 4.74 Å². The average molecular weight is 226 g/mol. The van der Waals surface area contributed by atoms with Gasteiger partial charge in [0.25, 0.3) is 6.43 Å². The van der Waals surface area contributed by atoms with Crippen molar-refractivity contribution in [3.8, 4) is 5.75 Å². The summed E-state index contributed by atoms with van der Waals surface area (Å²) < 4.78 is 65.7. The van der Waals surface area contributed by atoms with Crippen LogP contribution in [0, 0.1) is 0 Å². The molecule has 15 heavy (non-hydrogen) atoms. The minimum atomic E-state index is -4.63. The van der Waals surface area contributed by atoms with Gasteiger partial charge in [-0.3, -0.25) is 0 Å². The standard InChI is InChI=1S/C9H7F5O/c1-15-7-3-2-5(9(12,13)14)4-6(7)8(10)11/h2-4,8H,1H3. The first kappa shape index (κ1) is 11.7. The van der Waals surface area contributed by atoms with Crippen molar-refractivity contribution in [3.05, 3.63) is 29.3 Å². The maximum Gasteiger partial charge on any atom is 0.416 e. The van der Waals surface area contributed by atoms with E-state index in [2.05, 4.69) is 4.74 Å². The Hall–Kier alpha value is -1.33. The molecule has 0 aromatic heterocycles. The quantitative estimate of drug-likeness (QED) is 0.699. The Balaban J connectivity index is 3.22. The number of hydrogen-bond donors (Lipinski definition) is 0. The molecule has 84 valence electrons. The van der Waals surface area contributed by atoms with E-state index in [1.165, 1.54) is 0 Å². The highest BCUT2D eigenvalue weighted by molar-refractivity contribution is 5.39. The molecule has 0 aliphatic heterocycles. The lowest BCUT2D eigenvalue weighted by atomic mass is 10.1. The Morgan fingerprint density at radius 3 is 2.20 bits per heavy atom. The maximum absolute atomic E-state index is 12.3. The van der Waals surface area contributed by atoms with Gasteiger partial charge in [-0.25, -0.2) is 8.78 Å². The fourth-order valence-corrected chi connectivity index (χ4v) is 1.08. The highest BCUT2D eigenvalue weighted by Gasteiger charge is 2.32. The lowest BCUT2D eigenvalue weighted by Gasteiger charge is -2.11. The topological polar surface area (TPSA) is 9.23 Å². The van der Waals surface area contributed by atoms with Crippen LogP contribution in [0.4, 0.5) is 22.0 Å². The Bertz CT molecular complexity index is 345. The van der Waals surface area contributed by atoms with Crippen molar-refractivity contribution in [1.29, 1.82) is 0 Å². The van der Waals surface area contributed by atoms with Gasteiger partial charge in [0.1, 0.15) is 5.75 Å². The molecule has 0 N–H and O–H groups in total. The van der Waals surface area contributed by atoms with Crippen molar-refractivity contribution in [3.63, 3.8) is 0 Å². The van der Waals surface area contributed by atoms with Crippen LogP contribution in [0.2, 0.25) is 0 Å². The monoisotopic (exact) mass is 226 g/mol. The maximum atomic E-state index is 12.3. The molecule has 1 aromatic carbocycles. The van der Waals surface area contributed by atoms with Crippen molar-refractivity contribution in [1.82, 2.24) is 0 Å². The van der Waals surface area contributed by atoms with Gasteiger partial charge in [0.05, 0.1) is 18.2 Å². The van der Waals surface area contributed by atoms with Gasteiger partial charge in [-0.15, -0.1) is 0 Å². The summed E-state index contributed by atoms with van der Waals surface area (Å²) in [6.45, 7) is 0. The third-order valence-corrected chi connectivity index (χ3v) is 1.79. The van der Waals surface area contributed by atoms with Crippen molar-refractivity contribution < 1.29 is 26.7 Å². The molecule has 1 aromatic rings. The van der Waals surface area contributed by atoms with E-state index < -0.39 is 23.7 Å². The van der Waals surface area contributed by atoms with Crippen LogP contribution in [0.15, 0.2) is 18.2 Å². The number of hydrogen-bond acceptors (Lipinski definition) is 1. The molecule has 0 unspecified atom stereocenters. The Kier molecular flexibility index (Phi) is 3.16. The van der Waals surface area contributed by atoms with Gasteiger partial charge in [0.15, 0.2) is 0 Å². The van der Waals surface area contributed by atoms with E-state index >= 15 is 0 Å². The van der Waals surface area contributed by atoms with Gasteiger partial charge >= 0.3 is 6.18 Å². The van der Waals surface area contributed by atoms with Gasteiger partial charge in [0, 0.05) is 0 Å². The predicted octanol–water partition coefficient (Wildman–Crippen LogP) is 3.65. The smallest absolute Gasteiger partial charge is 0.416 e. The summed E-state index contributed by atoms with van der Waals surface area (Å²) in [7, 11) is 1.12. The number of halogens is 5. The Morgan fingerprint density at radius 1 is 1.20 bits per heavy atom. The summed E-state index contributed by atoms with van der Waals surface area (Å²) in [6, 6.07) is 1.97. The molecule has 0 heterocycles. The zero-order chi connectivity index (χ0) is 11.6. The number of ether oxygens (including phenoxy) is 1. The molecule has 0 spiro atoms. The number of benzene rings is 1. The highest BCUT2D eigenvalue weighted by Crippen LogP contribution is 2.36. The lowest BCUT2D eigenvalue weighted by molar-refractivity contribution is -0.137. The summed E-state index contributed by atoms with van der Waals surface area (Å²) in [5.74, 6) is -0.252. The molecule has 0 aliphatic carbocycles. The minimum Gasteiger partial charge on any atom is -0.496 e. The second-order valence-electron chi connectivity index (χ2n) is 2.76. The highest BCUT2D eigenvalue weighted by atomic mass is 19.4. The van der Waals surface area contributed by atoms with Crippen LogP contribution in [-0.2, 0) is 6.18 Å². The molecule has 1 rings (SSSR count). The Labute approximate surface area is 82.5 Å². The molecule has 0 saturated carbocycles. The summed E-state index contributed by atoms with van der Waals surface area (Å²) >= 11 is 0. The van der Waals surface area contributed by atoms with Crippen molar-refractivity contribution in [2.75, 3.05) is 7.11 Å². The summed E-state index contributed by atoms with van der Waals surface area (Å²) in [6.07, 6.45) is -7.63. The van der Waals surface area contributed by atoms with Gasteiger partial charge < -0.3 is 4.74 Å². The summed E-state index contributed by atoms with van der Waals surface area (Å²) in [4.78, 5) is 0. The van der Waals surface area contributed by atoms with Gasteiger partial charge in [-0.05, 0) is 18.2 Å². The molecule has 0 amide bonds. The van der Waals surface area contributed by atoms with Gasteiger partial charge in [-0.2, -0.15) is 13.2 Å². The first-order chi connectivity index (χ1) is 6.86. The lowest BCUT2D eigenvalue weighted by Crippen LogP contribution is -2.06. The largest absolute Gasteiger partial charge is 0.496 e. The zero-order valence-electron chi connectivity index (χ0n) is 7.61. The SMILES string of the molecule is COc1ccc(C(F)(F)F)cc1C(F)F. The Morgan fingerprint density at radius 2 is 1.80 bits per heavy atom.